The van der Waals surface area contributed by atoms with Crippen LogP contribution in [0.25, 0.3) is 0 Å². The van der Waals surface area contributed by atoms with Crippen molar-refractivity contribution in [1.29, 1.82) is 0 Å². The molecule has 0 saturated heterocycles. The van der Waals surface area contributed by atoms with Crippen LogP contribution in [0.15, 0.2) is 36.4 Å². The predicted octanol–water partition coefficient (Wildman–Crippen LogP) is 4.15. The molecule has 25 heavy (non-hydrogen) atoms. The molecule has 0 spiro atoms. The van der Waals surface area contributed by atoms with Gasteiger partial charge in [-0.05, 0) is 30.7 Å². The monoisotopic (exact) mass is 398 g/mol. The van der Waals surface area contributed by atoms with Crippen molar-refractivity contribution in [2.24, 2.45) is 5.84 Å². The van der Waals surface area contributed by atoms with Gasteiger partial charge in [-0.2, -0.15) is 0 Å². The van der Waals surface area contributed by atoms with Crippen molar-refractivity contribution in [1.82, 2.24) is 0 Å². The van der Waals surface area contributed by atoms with Crippen molar-refractivity contribution in [3.8, 4) is 0 Å². The molecule has 2 aromatic carbocycles. The zero-order valence-electron chi connectivity index (χ0n) is 12.7. The Morgan fingerprint density at radius 2 is 1.84 bits per heavy atom. The molecule has 3 N–H and O–H groups in total. The van der Waals surface area contributed by atoms with Gasteiger partial charge in [0, 0.05) is 26.2 Å². The van der Waals surface area contributed by atoms with E-state index < -0.39 is 17.9 Å². The summed E-state index contributed by atoms with van der Waals surface area (Å²) in [5.74, 6) is 3.79. The number of carbonyl (C=O) groups is 2. The highest BCUT2D eigenvalue weighted by molar-refractivity contribution is 6.36. The number of carboxylic acid groups (broad SMARTS) is 1. The fourth-order valence-electron chi connectivity index (χ4n) is 3.05. The minimum absolute atomic E-state index is 0.00840. The van der Waals surface area contributed by atoms with E-state index in [-0.39, 0.29) is 17.2 Å². The van der Waals surface area contributed by atoms with Gasteiger partial charge < -0.3 is 5.11 Å². The number of Topliss-reactive ketones (excluding diaryl/α,β-unsaturated/α-hetero) is 1. The van der Waals surface area contributed by atoms with Crippen LogP contribution in [0.3, 0.4) is 0 Å². The van der Waals surface area contributed by atoms with Crippen molar-refractivity contribution in [2.45, 2.75) is 18.4 Å². The smallest absolute Gasteiger partial charge is 0.327 e. The number of fused-ring (bicyclic) bond motifs is 1. The average Bonchev–Trinajstić information content (AvgIpc) is 2.54. The zero-order chi connectivity index (χ0) is 18.3. The summed E-state index contributed by atoms with van der Waals surface area (Å²) in [4.78, 5) is 24.6. The van der Waals surface area contributed by atoms with E-state index in [1.54, 1.807) is 18.2 Å². The van der Waals surface area contributed by atoms with E-state index in [9.17, 15) is 14.7 Å². The molecule has 0 bridgehead atoms. The number of aliphatic carboxylic acids is 1. The molecule has 1 heterocycles. The lowest BCUT2D eigenvalue weighted by Crippen LogP contribution is -2.51. The summed E-state index contributed by atoms with van der Waals surface area (Å²) in [6.07, 6.45) is -0.00840. The molecule has 0 unspecified atom stereocenters. The number of benzene rings is 2. The van der Waals surface area contributed by atoms with Crippen molar-refractivity contribution in [3.63, 3.8) is 0 Å². The van der Waals surface area contributed by atoms with E-state index in [0.717, 1.165) is 5.01 Å². The topological polar surface area (TPSA) is 83.6 Å². The number of halogens is 3. The predicted molar refractivity (Wildman–Crippen MR) is 97.7 cm³/mol. The Labute approximate surface area is 158 Å². The Kier molecular flexibility index (Phi) is 4.93. The maximum Gasteiger partial charge on any atom is 0.327 e. The molecular weight excluding hydrogens is 387 g/mol. The number of nitrogens with zero attached hydrogens (tertiary/aromatic N) is 1. The molecule has 5 nitrogen and oxygen atoms in total. The Balaban J connectivity index is 2.15. The van der Waals surface area contributed by atoms with Gasteiger partial charge in [0.05, 0.1) is 11.6 Å². The molecule has 2 aromatic rings. The lowest BCUT2D eigenvalue weighted by molar-refractivity contribution is -0.138. The lowest BCUT2D eigenvalue weighted by atomic mass is 9.81. The highest BCUT2D eigenvalue weighted by Gasteiger charge is 2.40. The van der Waals surface area contributed by atoms with Crippen molar-refractivity contribution < 1.29 is 14.7 Å². The second-order valence-electron chi connectivity index (χ2n) is 5.74. The van der Waals surface area contributed by atoms with Crippen molar-refractivity contribution >= 4 is 52.2 Å². The molecule has 8 heteroatoms. The fourth-order valence-corrected chi connectivity index (χ4v) is 3.86. The first-order chi connectivity index (χ1) is 11.8. The summed E-state index contributed by atoms with van der Waals surface area (Å²) < 4.78 is 0. The second kappa shape index (κ2) is 6.84. The molecule has 1 aliphatic rings. The van der Waals surface area contributed by atoms with Crippen molar-refractivity contribution in [2.75, 3.05) is 5.01 Å². The van der Waals surface area contributed by atoms with Crippen LogP contribution in [0.1, 0.15) is 28.3 Å². The Bertz CT molecular complexity index is 872. The first-order valence-electron chi connectivity index (χ1n) is 7.35. The Hall–Kier alpha value is -1.79. The van der Waals surface area contributed by atoms with Gasteiger partial charge in [0.15, 0.2) is 5.78 Å². The van der Waals surface area contributed by atoms with Gasteiger partial charge in [0.2, 0.25) is 0 Å². The van der Waals surface area contributed by atoms with Crippen LogP contribution >= 0.6 is 34.8 Å². The summed E-state index contributed by atoms with van der Waals surface area (Å²) >= 11 is 18.3. The molecule has 0 radical (unpaired) electrons. The lowest BCUT2D eigenvalue weighted by Gasteiger charge is -2.37. The standard InChI is InChI=1S/C17H13Cl3N2O3/c18-9-3-1-2-8(4-9)16(23)11-7-14(17(24)25)22(21)13-6-10(19)5-12(20)15(11)13/h1-6,11,14H,7,21H2,(H,24,25)/t11-,14+/m0/s1. The van der Waals surface area contributed by atoms with E-state index in [1.807, 2.05) is 0 Å². The Morgan fingerprint density at radius 3 is 2.48 bits per heavy atom. The van der Waals surface area contributed by atoms with Crippen LogP contribution in [-0.2, 0) is 4.79 Å². The molecule has 0 aromatic heterocycles. The molecule has 0 fully saturated rings. The number of hydrazine groups is 1. The number of hydrogen-bond donors (Lipinski definition) is 2. The third kappa shape index (κ3) is 3.33. The molecule has 0 saturated carbocycles. The highest BCUT2D eigenvalue weighted by atomic mass is 35.5. The minimum Gasteiger partial charge on any atom is -0.480 e. The Morgan fingerprint density at radius 1 is 1.12 bits per heavy atom. The number of ketones is 1. The van der Waals surface area contributed by atoms with Crippen LogP contribution in [-0.4, -0.2) is 22.9 Å². The maximum absolute atomic E-state index is 13.0. The van der Waals surface area contributed by atoms with Crippen LogP contribution in [0, 0.1) is 0 Å². The van der Waals surface area contributed by atoms with Gasteiger partial charge in [-0.15, -0.1) is 0 Å². The van der Waals surface area contributed by atoms with E-state index >= 15 is 0 Å². The summed E-state index contributed by atoms with van der Waals surface area (Å²) in [5.41, 5.74) is 1.18. The molecule has 3 rings (SSSR count). The SMILES string of the molecule is NN1c2cc(Cl)cc(Cl)c2[C@@H](C(=O)c2cccc(Cl)c2)C[C@@H]1C(=O)O. The average molecular weight is 400 g/mol. The highest BCUT2D eigenvalue weighted by Crippen LogP contribution is 2.44. The molecule has 0 aliphatic carbocycles. The van der Waals surface area contributed by atoms with E-state index in [0.29, 0.717) is 26.9 Å². The normalized spacial score (nSPS) is 19.4. The summed E-state index contributed by atoms with van der Waals surface area (Å²) in [6.45, 7) is 0. The van der Waals surface area contributed by atoms with Crippen LogP contribution in [0.4, 0.5) is 5.69 Å². The van der Waals surface area contributed by atoms with Crippen LogP contribution < -0.4 is 10.9 Å². The molecule has 0 amide bonds. The quantitative estimate of drug-likeness (QED) is 0.598. The number of hydrogen-bond acceptors (Lipinski definition) is 4. The third-order valence-electron chi connectivity index (χ3n) is 4.20. The number of carboxylic acids is 1. The number of carbonyl (C=O) groups excluding carboxylic acids is 1. The van der Waals surface area contributed by atoms with Gasteiger partial charge >= 0.3 is 5.97 Å². The summed E-state index contributed by atoms with van der Waals surface area (Å²) in [5, 5.41) is 11.5. The van der Waals surface area contributed by atoms with Gasteiger partial charge in [-0.25, -0.2) is 10.6 Å². The summed E-state index contributed by atoms with van der Waals surface area (Å²) in [6, 6.07) is 8.43. The first kappa shape index (κ1) is 18.0. The molecular formula is C17H13Cl3N2O3. The van der Waals surface area contributed by atoms with Gasteiger partial charge in [-0.1, -0.05) is 46.9 Å². The number of rotatable bonds is 3. The van der Waals surface area contributed by atoms with Crippen molar-refractivity contribution in [3.05, 3.63) is 62.6 Å². The van der Waals surface area contributed by atoms with Gasteiger partial charge in [-0.3, -0.25) is 9.80 Å². The maximum atomic E-state index is 13.0. The molecule has 130 valence electrons. The van der Waals surface area contributed by atoms with E-state index in [2.05, 4.69) is 0 Å². The minimum atomic E-state index is -1.13. The van der Waals surface area contributed by atoms with Crippen LogP contribution in [0.2, 0.25) is 15.1 Å². The number of anilines is 1. The fraction of sp³-hybridized carbons (Fsp3) is 0.176. The zero-order valence-corrected chi connectivity index (χ0v) is 15.0. The third-order valence-corrected chi connectivity index (χ3v) is 4.97. The summed E-state index contributed by atoms with van der Waals surface area (Å²) in [7, 11) is 0. The molecule has 2 atom stereocenters. The largest absolute Gasteiger partial charge is 0.480 e. The van der Waals surface area contributed by atoms with Gasteiger partial charge in [0.25, 0.3) is 0 Å². The second-order valence-corrected chi connectivity index (χ2v) is 7.02. The first-order valence-corrected chi connectivity index (χ1v) is 8.48. The van der Waals surface area contributed by atoms with Gasteiger partial charge in [0.1, 0.15) is 6.04 Å². The van der Waals surface area contributed by atoms with E-state index in [1.165, 1.54) is 18.2 Å². The number of nitrogens with two attached hydrogens (primary N) is 1. The van der Waals surface area contributed by atoms with Crippen LogP contribution in [0.5, 0.6) is 0 Å². The van der Waals surface area contributed by atoms with E-state index in [4.69, 9.17) is 40.6 Å². The molecule has 1 aliphatic heterocycles.